The van der Waals surface area contributed by atoms with Gasteiger partial charge in [-0.3, -0.25) is 0 Å². The van der Waals surface area contributed by atoms with E-state index in [4.69, 9.17) is 4.74 Å². The van der Waals surface area contributed by atoms with E-state index in [0.717, 1.165) is 37.2 Å². The van der Waals surface area contributed by atoms with Gasteiger partial charge in [0.25, 0.3) is 10.2 Å². The van der Waals surface area contributed by atoms with Crippen LogP contribution in [0.15, 0.2) is 24.3 Å². The van der Waals surface area contributed by atoms with Crippen LogP contribution in [0.1, 0.15) is 25.3 Å². The fourth-order valence-electron chi connectivity index (χ4n) is 3.40. The maximum atomic E-state index is 12.6. The fraction of sp³-hybridized carbons (Fsp3) is 0.647. The number of morpholine rings is 1. The lowest BCUT2D eigenvalue weighted by molar-refractivity contribution is 0.122. The highest BCUT2D eigenvalue weighted by atomic mass is 32.2. The molecule has 2 aliphatic rings. The van der Waals surface area contributed by atoms with Crippen LogP contribution in [-0.2, 0) is 21.5 Å². The third-order valence-corrected chi connectivity index (χ3v) is 6.27. The first kappa shape index (κ1) is 17.7. The Labute approximate surface area is 145 Å². The minimum Gasteiger partial charge on any atom is -0.378 e. The van der Waals surface area contributed by atoms with Crippen LogP contribution in [0.5, 0.6) is 0 Å². The van der Waals surface area contributed by atoms with Gasteiger partial charge in [0, 0.05) is 38.4 Å². The van der Waals surface area contributed by atoms with Crippen molar-refractivity contribution in [2.45, 2.75) is 26.3 Å². The zero-order valence-corrected chi connectivity index (χ0v) is 15.1. The van der Waals surface area contributed by atoms with Crippen LogP contribution in [0, 0.1) is 5.92 Å². The van der Waals surface area contributed by atoms with Gasteiger partial charge in [-0.25, -0.2) is 0 Å². The van der Waals surface area contributed by atoms with Gasteiger partial charge in [0.1, 0.15) is 0 Å². The Morgan fingerprint density at radius 2 is 1.96 bits per heavy atom. The molecule has 1 atom stereocenters. The maximum Gasteiger partial charge on any atom is 0.279 e. The highest BCUT2D eigenvalue weighted by Crippen LogP contribution is 2.22. The normalized spacial score (nSPS) is 23.4. The van der Waals surface area contributed by atoms with Crippen molar-refractivity contribution < 1.29 is 13.2 Å². The predicted octanol–water partition coefficient (Wildman–Crippen LogP) is 1.59. The van der Waals surface area contributed by atoms with E-state index < -0.39 is 10.2 Å². The minimum absolute atomic E-state index is 0.320. The SMILES string of the molecule is CC1CCCN(S(=O)(=O)NCc2ccccc2N2CCOCC2)C1. The van der Waals surface area contributed by atoms with Crippen LogP contribution in [0.25, 0.3) is 0 Å². The summed E-state index contributed by atoms with van der Waals surface area (Å²) in [5, 5.41) is 0. The number of piperidine rings is 1. The maximum absolute atomic E-state index is 12.6. The van der Waals surface area contributed by atoms with Gasteiger partial charge in [-0.1, -0.05) is 25.1 Å². The Balaban J connectivity index is 1.67. The number of benzene rings is 1. The Hall–Kier alpha value is -1.15. The van der Waals surface area contributed by atoms with E-state index in [1.807, 2.05) is 18.2 Å². The molecular weight excluding hydrogens is 326 g/mol. The Kier molecular flexibility index (Phi) is 5.76. The van der Waals surface area contributed by atoms with Gasteiger partial charge in [0.05, 0.1) is 13.2 Å². The van der Waals surface area contributed by atoms with Crippen molar-refractivity contribution in [1.82, 2.24) is 9.03 Å². The van der Waals surface area contributed by atoms with Crippen molar-refractivity contribution in [1.29, 1.82) is 0 Å². The van der Waals surface area contributed by atoms with Crippen molar-refractivity contribution in [2.24, 2.45) is 5.92 Å². The number of hydrogen-bond donors (Lipinski definition) is 1. The summed E-state index contributed by atoms with van der Waals surface area (Å²) < 4.78 is 34.9. The van der Waals surface area contributed by atoms with Crippen LogP contribution < -0.4 is 9.62 Å². The average Bonchev–Trinajstić information content (AvgIpc) is 2.61. The van der Waals surface area contributed by atoms with E-state index in [1.165, 1.54) is 0 Å². The summed E-state index contributed by atoms with van der Waals surface area (Å²) in [7, 11) is -3.42. The van der Waals surface area contributed by atoms with Crippen LogP contribution in [-0.4, -0.2) is 52.1 Å². The molecular formula is C17H27N3O3S. The summed E-state index contributed by atoms with van der Waals surface area (Å²) in [4.78, 5) is 2.26. The molecule has 2 fully saturated rings. The monoisotopic (exact) mass is 353 g/mol. The number of rotatable bonds is 5. The second kappa shape index (κ2) is 7.82. The summed E-state index contributed by atoms with van der Waals surface area (Å²) >= 11 is 0. The summed E-state index contributed by atoms with van der Waals surface area (Å²) in [5.74, 6) is 0.427. The van der Waals surface area contributed by atoms with Crippen LogP contribution >= 0.6 is 0 Å². The summed E-state index contributed by atoms with van der Waals surface area (Å²) in [6, 6.07) is 8.00. The van der Waals surface area contributed by atoms with Gasteiger partial charge >= 0.3 is 0 Å². The second-order valence-corrected chi connectivity index (χ2v) is 8.41. The predicted molar refractivity (Wildman–Crippen MR) is 95.2 cm³/mol. The number of ether oxygens (including phenoxy) is 1. The van der Waals surface area contributed by atoms with E-state index in [0.29, 0.717) is 38.8 Å². The van der Waals surface area contributed by atoms with E-state index in [1.54, 1.807) is 4.31 Å². The Morgan fingerprint density at radius 1 is 1.21 bits per heavy atom. The molecule has 134 valence electrons. The molecule has 0 radical (unpaired) electrons. The lowest BCUT2D eigenvalue weighted by atomic mass is 10.0. The van der Waals surface area contributed by atoms with E-state index in [2.05, 4.69) is 22.6 Å². The van der Waals surface area contributed by atoms with Crippen LogP contribution in [0.2, 0.25) is 0 Å². The minimum atomic E-state index is -3.42. The van der Waals surface area contributed by atoms with Crippen molar-refractivity contribution >= 4 is 15.9 Å². The molecule has 2 aliphatic heterocycles. The number of para-hydroxylation sites is 1. The third kappa shape index (κ3) is 4.27. The van der Waals surface area contributed by atoms with Gasteiger partial charge in [-0.2, -0.15) is 17.4 Å². The molecule has 0 amide bonds. The Morgan fingerprint density at radius 3 is 2.71 bits per heavy atom. The second-order valence-electron chi connectivity index (χ2n) is 6.66. The molecule has 2 saturated heterocycles. The fourth-order valence-corrected chi connectivity index (χ4v) is 4.74. The van der Waals surface area contributed by atoms with E-state index in [-0.39, 0.29) is 0 Å². The molecule has 1 unspecified atom stereocenters. The van der Waals surface area contributed by atoms with E-state index in [9.17, 15) is 8.42 Å². The number of anilines is 1. The lowest BCUT2D eigenvalue weighted by Crippen LogP contribution is -2.45. The lowest BCUT2D eigenvalue weighted by Gasteiger charge is -2.32. The van der Waals surface area contributed by atoms with Gasteiger partial charge in [-0.15, -0.1) is 0 Å². The van der Waals surface area contributed by atoms with Crippen molar-refractivity contribution in [3.05, 3.63) is 29.8 Å². The quantitative estimate of drug-likeness (QED) is 0.873. The first-order valence-corrected chi connectivity index (χ1v) is 10.2. The highest BCUT2D eigenvalue weighted by Gasteiger charge is 2.27. The zero-order chi connectivity index (χ0) is 17.0. The molecule has 0 spiro atoms. The molecule has 1 N–H and O–H groups in total. The molecule has 0 aromatic heterocycles. The standard InChI is InChI=1S/C17H27N3O3S/c1-15-5-4-8-20(14-15)24(21,22)18-13-16-6-2-3-7-17(16)19-9-11-23-12-10-19/h2-3,6-7,15,18H,4-5,8-14H2,1H3. The van der Waals surface area contributed by atoms with Crippen molar-refractivity contribution in [3.8, 4) is 0 Å². The zero-order valence-electron chi connectivity index (χ0n) is 14.3. The molecule has 7 heteroatoms. The number of nitrogens with one attached hydrogen (secondary N) is 1. The molecule has 3 rings (SSSR count). The molecule has 0 aliphatic carbocycles. The van der Waals surface area contributed by atoms with Gasteiger partial charge in [0.15, 0.2) is 0 Å². The summed E-state index contributed by atoms with van der Waals surface area (Å²) in [6.45, 7) is 6.76. The van der Waals surface area contributed by atoms with Gasteiger partial charge < -0.3 is 9.64 Å². The molecule has 1 aromatic carbocycles. The third-order valence-electron chi connectivity index (χ3n) is 4.75. The molecule has 0 bridgehead atoms. The smallest absolute Gasteiger partial charge is 0.279 e. The van der Waals surface area contributed by atoms with Gasteiger partial charge in [0.2, 0.25) is 0 Å². The number of hydrogen-bond acceptors (Lipinski definition) is 4. The largest absolute Gasteiger partial charge is 0.378 e. The number of nitrogens with zero attached hydrogens (tertiary/aromatic N) is 2. The van der Waals surface area contributed by atoms with Crippen molar-refractivity contribution in [2.75, 3.05) is 44.3 Å². The topological polar surface area (TPSA) is 61.9 Å². The first-order valence-electron chi connectivity index (χ1n) is 8.71. The average molecular weight is 353 g/mol. The van der Waals surface area contributed by atoms with Crippen LogP contribution in [0.4, 0.5) is 5.69 Å². The summed E-state index contributed by atoms with van der Waals surface area (Å²) in [5.41, 5.74) is 2.10. The molecule has 1 aromatic rings. The van der Waals surface area contributed by atoms with E-state index >= 15 is 0 Å². The Bertz CT molecular complexity index is 644. The molecule has 24 heavy (non-hydrogen) atoms. The molecule has 0 saturated carbocycles. The molecule has 6 nitrogen and oxygen atoms in total. The summed E-state index contributed by atoms with van der Waals surface area (Å²) in [6.07, 6.45) is 2.04. The van der Waals surface area contributed by atoms with Crippen LogP contribution in [0.3, 0.4) is 0 Å². The van der Waals surface area contributed by atoms with Gasteiger partial charge in [-0.05, 0) is 30.4 Å². The first-order chi connectivity index (χ1) is 11.6. The van der Waals surface area contributed by atoms with Crippen molar-refractivity contribution in [3.63, 3.8) is 0 Å². The molecule has 2 heterocycles. The highest BCUT2D eigenvalue weighted by molar-refractivity contribution is 7.87.